The first-order valence-electron chi connectivity index (χ1n) is 7.52. The third kappa shape index (κ3) is 3.67. The number of piperidine rings is 1. The molecule has 0 amide bonds. The number of nitrogens with one attached hydrogen (secondary N) is 1. The normalized spacial score (nSPS) is 20.8. The summed E-state index contributed by atoms with van der Waals surface area (Å²) < 4.78 is 38.2. The molecule has 3 nitrogen and oxygen atoms in total. The van der Waals surface area contributed by atoms with Crippen LogP contribution in [0.5, 0.6) is 0 Å². The van der Waals surface area contributed by atoms with Crippen LogP contribution < -0.4 is 10.2 Å². The van der Waals surface area contributed by atoms with E-state index in [-0.39, 0.29) is 12.8 Å². The van der Waals surface area contributed by atoms with E-state index in [0.717, 1.165) is 17.8 Å². The van der Waals surface area contributed by atoms with Crippen LogP contribution in [0, 0.1) is 5.92 Å². The van der Waals surface area contributed by atoms with Crippen LogP contribution >= 0.6 is 0 Å². The molecule has 1 saturated heterocycles. The van der Waals surface area contributed by atoms with Crippen molar-refractivity contribution in [2.24, 2.45) is 5.92 Å². The summed E-state index contributed by atoms with van der Waals surface area (Å²) in [4.78, 5) is 6.18. The summed E-state index contributed by atoms with van der Waals surface area (Å²) in [6.45, 7) is 1.67. The van der Waals surface area contributed by atoms with Gasteiger partial charge in [-0.25, -0.2) is 0 Å². The molecule has 1 aliphatic heterocycles. The fourth-order valence-corrected chi connectivity index (χ4v) is 2.84. The molecule has 21 heavy (non-hydrogen) atoms. The van der Waals surface area contributed by atoms with Crippen LogP contribution in [-0.4, -0.2) is 30.3 Å². The molecule has 1 aromatic rings. The zero-order chi connectivity index (χ0) is 14.9. The van der Waals surface area contributed by atoms with E-state index >= 15 is 0 Å². The Balaban J connectivity index is 1.64. The van der Waals surface area contributed by atoms with Crippen molar-refractivity contribution < 1.29 is 13.2 Å². The molecular weight excluding hydrogens is 279 g/mol. The Morgan fingerprint density at radius 2 is 1.90 bits per heavy atom. The minimum Gasteiger partial charge on any atom is -0.370 e. The van der Waals surface area contributed by atoms with Gasteiger partial charge >= 0.3 is 6.18 Å². The lowest BCUT2D eigenvalue weighted by Crippen LogP contribution is -2.39. The van der Waals surface area contributed by atoms with Crippen LogP contribution in [0.25, 0.3) is 0 Å². The molecule has 0 radical (unpaired) electrons. The first kappa shape index (κ1) is 14.6. The van der Waals surface area contributed by atoms with Gasteiger partial charge in [-0.3, -0.25) is 4.98 Å². The van der Waals surface area contributed by atoms with Gasteiger partial charge < -0.3 is 10.2 Å². The maximum atomic E-state index is 12.7. The first-order chi connectivity index (χ1) is 10.0. The Morgan fingerprint density at radius 1 is 1.19 bits per heavy atom. The quantitative estimate of drug-likeness (QED) is 0.926. The number of anilines is 1. The summed E-state index contributed by atoms with van der Waals surface area (Å²) >= 11 is 0. The molecule has 0 aromatic carbocycles. The van der Waals surface area contributed by atoms with Gasteiger partial charge in [0.25, 0.3) is 0 Å². The predicted molar refractivity (Wildman–Crippen MR) is 75.1 cm³/mol. The lowest BCUT2D eigenvalue weighted by Gasteiger charge is -2.35. The molecule has 0 spiro atoms. The van der Waals surface area contributed by atoms with Crippen molar-refractivity contribution in [3.8, 4) is 0 Å². The maximum Gasteiger partial charge on any atom is 0.391 e. The van der Waals surface area contributed by atoms with Crippen LogP contribution in [0.3, 0.4) is 0 Å². The second-order valence-electron chi connectivity index (χ2n) is 5.96. The zero-order valence-electron chi connectivity index (χ0n) is 11.9. The van der Waals surface area contributed by atoms with Gasteiger partial charge in [0.2, 0.25) is 0 Å². The molecule has 2 fully saturated rings. The van der Waals surface area contributed by atoms with Gasteiger partial charge in [0, 0.05) is 31.9 Å². The van der Waals surface area contributed by atoms with Gasteiger partial charge in [0.1, 0.15) is 0 Å². The smallest absolute Gasteiger partial charge is 0.370 e. The van der Waals surface area contributed by atoms with E-state index in [1.54, 1.807) is 12.4 Å². The van der Waals surface area contributed by atoms with E-state index in [9.17, 15) is 13.2 Å². The number of pyridine rings is 1. The van der Waals surface area contributed by atoms with E-state index in [1.165, 1.54) is 12.8 Å². The largest absolute Gasteiger partial charge is 0.391 e. The van der Waals surface area contributed by atoms with Crippen molar-refractivity contribution in [2.75, 3.05) is 18.0 Å². The van der Waals surface area contributed by atoms with E-state index < -0.39 is 12.1 Å². The highest BCUT2D eigenvalue weighted by Crippen LogP contribution is 2.36. The standard InChI is InChI=1S/C15H20F3N3/c16-15(17,18)12-4-7-21(8-5-12)14-10-19-6-3-11(14)9-20-13-1-2-13/h3,6,10,12-13,20H,1-2,4-5,7-9H2. The van der Waals surface area contributed by atoms with Crippen molar-refractivity contribution in [2.45, 2.75) is 44.4 Å². The molecule has 1 aliphatic carbocycles. The second-order valence-corrected chi connectivity index (χ2v) is 5.96. The summed E-state index contributed by atoms with van der Waals surface area (Å²) in [6, 6.07) is 2.57. The lowest BCUT2D eigenvalue weighted by atomic mass is 9.95. The summed E-state index contributed by atoms with van der Waals surface area (Å²) in [5.41, 5.74) is 2.11. The van der Waals surface area contributed by atoms with Crippen molar-refractivity contribution in [3.63, 3.8) is 0 Å². The molecule has 0 atom stereocenters. The molecule has 2 heterocycles. The minimum atomic E-state index is -4.06. The molecule has 3 rings (SSSR count). The Labute approximate surface area is 122 Å². The third-order valence-corrected chi connectivity index (χ3v) is 4.34. The van der Waals surface area contributed by atoms with Gasteiger partial charge in [-0.15, -0.1) is 0 Å². The summed E-state index contributed by atoms with van der Waals surface area (Å²) in [7, 11) is 0. The van der Waals surface area contributed by atoms with Gasteiger partial charge in [0.05, 0.1) is 17.8 Å². The SMILES string of the molecule is FC(F)(F)C1CCN(c2cnccc2CNC2CC2)CC1. The number of aromatic nitrogens is 1. The Kier molecular flexibility index (Phi) is 4.06. The summed E-state index contributed by atoms with van der Waals surface area (Å²) in [5.74, 6) is -1.15. The molecule has 2 aliphatic rings. The first-order valence-corrected chi connectivity index (χ1v) is 7.52. The highest BCUT2D eigenvalue weighted by atomic mass is 19.4. The summed E-state index contributed by atoms with van der Waals surface area (Å²) in [6.07, 6.45) is 2.25. The van der Waals surface area contributed by atoms with Crippen molar-refractivity contribution in [1.82, 2.24) is 10.3 Å². The molecule has 0 bridgehead atoms. The Bertz CT molecular complexity index is 477. The predicted octanol–water partition coefficient (Wildman–Crippen LogP) is 3.11. The molecular formula is C15H20F3N3. The molecule has 6 heteroatoms. The van der Waals surface area contributed by atoms with Gasteiger partial charge in [-0.05, 0) is 37.3 Å². The highest BCUT2D eigenvalue weighted by molar-refractivity contribution is 5.52. The number of halogens is 3. The van der Waals surface area contributed by atoms with Crippen molar-refractivity contribution in [3.05, 3.63) is 24.0 Å². The van der Waals surface area contributed by atoms with E-state index in [4.69, 9.17) is 0 Å². The number of alkyl halides is 3. The topological polar surface area (TPSA) is 28.2 Å². The molecule has 1 aromatic heterocycles. The van der Waals surface area contributed by atoms with Crippen molar-refractivity contribution >= 4 is 5.69 Å². The second kappa shape index (κ2) is 5.83. The van der Waals surface area contributed by atoms with Crippen LogP contribution in [0.1, 0.15) is 31.2 Å². The number of rotatable bonds is 4. The van der Waals surface area contributed by atoms with E-state index in [0.29, 0.717) is 19.1 Å². The number of hydrogen-bond donors (Lipinski definition) is 1. The van der Waals surface area contributed by atoms with Crippen molar-refractivity contribution in [1.29, 1.82) is 0 Å². The fraction of sp³-hybridized carbons (Fsp3) is 0.667. The van der Waals surface area contributed by atoms with Crippen LogP contribution in [0.2, 0.25) is 0 Å². The average molecular weight is 299 g/mol. The highest BCUT2D eigenvalue weighted by Gasteiger charge is 2.41. The zero-order valence-corrected chi connectivity index (χ0v) is 11.9. The van der Waals surface area contributed by atoms with E-state index in [2.05, 4.69) is 10.3 Å². The maximum absolute atomic E-state index is 12.7. The molecule has 1 N–H and O–H groups in total. The number of hydrogen-bond acceptors (Lipinski definition) is 3. The minimum absolute atomic E-state index is 0.174. The van der Waals surface area contributed by atoms with Gasteiger partial charge in [-0.2, -0.15) is 13.2 Å². The molecule has 0 unspecified atom stereocenters. The number of nitrogens with zero attached hydrogens (tertiary/aromatic N) is 2. The van der Waals surface area contributed by atoms with Gasteiger partial charge in [0.15, 0.2) is 0 Å². The van der Waals surface area contributed by atoms with Crippen LogP contribution in [0.4, 0.5) is 18.9 Å². The molecule has 116 valence electrons. The third-order valence-electron chi connectivity index (χ3n) is 4.34. The van der Waals surface area contributed by atoms with E-state index in [1.807, 2.05) is 11.0 Å². The van der Waals surface area contributed by atoms with Gasteiger partial charge in [-0.1, -0.05) is 0 Å². The average Bonchev–Trinajstić information content (AvgIpc) is 3.29. The van der Waals surface area contributed by atoms with Crippen LogP contribution in [0.15, 0.2) is 18.5 Å². The monoisotopic (exact) mass is 299 g/mol. The summed E-state index contributed by atoms with van der Waals surface area (Å²) in [5, 5.41) is 3.45. The fourth-order valence-electron chi connectivity index (χ4n) is 2.84. The van der Waals surface area contributed by atoms with Crippen LogP contribution in [-0.2, 0) is 6.54 Å². The Morgan fingerprint density at radius 3 is 2.52 bits per heavy atom. The lowest BCUT2D eigenvalue weighted by molar-refractivity contribution is -0.179. The Hall–Kier alpha value is -1.30. The molecule has 1 saturated carbocycles.